The molecule has 0 fully saturated rings. The lowest BCUT2D eigenvalue weighted by molar-refractivity contribution is 0.414. The molecule has 0 aliphatic rings. The number of hydrogen-bond donors (Lipinski definition) is 1. The maximum Gasteiger partial charge on any atom is 0.182 e. The van der Waals surface area contributed by atoms with Gasteiger partial charge in [-0.05, 0) is 58.5 Å². The molecule has 2 aromatic carbocycles. The topological polar surface area (TPSA) is 29.9 Å². The van der Waals surface area contributed by atoms with Crippen molar-refractivity contribution < 1.29 is 4.74 Å². The first-order chi connectivity index (χ1) is 9.60. The summed E-state index contributed by atoms with van der Waals surface area (Å²) in [5.74, 6) is 0.765. The van der Waals surface area contributed by atoms with Gasteiger partial charge in [-0.15, -0.1) is 0 Å². The van der Waals surface area contributed by atoms with Gasteiger partial charge in [-0.3, -0.25) is 4.57 Å². The first-order valence-electron chi connectivity index (χ1n) is 5.84. The fraction of sp³-hybridized carbons (Fsp3) is 0.0714. The first-order valence-corrected chi connectivity index (χ1v) is 7.42. The Balaban J connectivity index is 2.37. The molecule has 0 spiro atoms. The Labute approximate surface area is 134 Å². The highest BCUT2D eigenvalue weighted by Gasteiger charge is 2.11. The molecule has 0 saturated heterocycles. The highest BCUT2D eigenvalue weighted by Crippen LogP contribution is 2.30. The van der Waals surface area contributed by atoms with Crippen molar-refractivity contribution in [1.29, 1.82) is 0 Å². The number of H-pyrrole nitrogens is 1. The molecule has 102 valence electrons. The molecule has 20 heavy (non-hydrogen) atoms. The van der Waals surface area contributed by atoms with Gasteiger partial charge in [-0.25, -0.2) is 0 Å². The summed E-state index contributed by atoms with van der Waals surface area (Å²) in [6, 6.07) is 11.4. The van der Waals surface area contributed by atoms with E-state index in [1.807, 2.05) is 41.0 Å². The molecule has 0 saturated carbocycles. The van der Waals surface area contributed by atoms with Crippen molar-refractivity contribution in [3.8, 4) is 11.4 Å². The molecule has 3 aromatic rings. The number of nitrogens with zero attached hydrogens (tertiary/aromatic N) is 1. The van der Waals surface area contributed by atoms with Crippen LogP contribution in [0.25, 0.3) is 16.7 Å². The second kappa shape index (κ2) is 5.24. The van der Waals surface area contributed by atoms with Crippen LogP contribution in [-0.2, 0) is 0 Å². The van der Waals surface area contributed by atoms with Crippen LogP contribution in [0.5, 0.6) is 5.75 Å². The summed E-state index contributed by atoms with van der Waals surface area (Å²) in [5, 5.41) is 0.666. The van der Waals surface area contributed by atoms with Gasteiger partial charge in [0.25, 0.3) is 0 Å². The highest BCUT2D eigenvalue weighted by atomic mass is 79.9. The zero-order valence-electron chi connectivity index (χ0n) is 10.5. The second-order valence-electron chi connectivity index (χ2n) is 4.24. The number of nitrogens with one attached hydrogen (secondary N) is 1. The molecule has 6 heteroatoms. The Kier molecular flexibility index (Phi) is 3.58. The van der Waals surface area contributed by atoms with E-state index < -0.39 is 0 Å². The molecule has 1 heterocycles. The molecular weight excluding hydrogens is 360 g/mol. The quantitative estimate of drug-likeness (QED) is 0.636. The maximum atomic E-state index is 6.09. The standard InChI is InChI=1S/C14H10BrClN2OS/c1-19-9-3-4-10(15)12(7-9)18-13-6-8(16)2-5-11(13)17-14(18)20/h2-7H,1H3,(H,17,20). The van der Waals surface area contributed by atoms with E-state index in [-0.39, 0.29) is 0 Å². The van der Waals surface area contributed by atoms with E-state index >= 15 is 0 Å². The third-order valence-corrected chi connectivity index (χ3v) is 4.23. The van der Waals surface area contributed by atoms with Crippen molar-refractivity contribution >= 4 is 50.8 Å². The minimum Gasteiger partial charge on any atom is -0.497 e. The summed E-state index contributed by atoms with van der Waals surface area (Å²) < 4.78 is 8.75. The summed E-state index contributed by atoms with van der Waals surface area (Å²) in [5.41, 5.74) is 2.77. The molecule has 0 aliphatic heterocycles. The zero-order chi connectivity index (χ0) is 14.3. The minimum atomic E-state index is 0.608. The number of methoxy groups -OCH3 is 1. The summed E-state index contributed by atoms with van der Waals surface area (Å²) in [7, 11) is 1.64. The Hall–Kier alpha value is -1.30. The summed E-state index contributed by atoms with van der Waals surface area (Å²) in [6.07, 6.45) is 0. The lowest BCUT2D eigenvalue weighted by Gasteiger charge is -2.09. The predicted molar refractivity (Wildman–Crippen MR) is 87.7 cm³/mol. The van der Waals surface area contributed by atoms with Crippen molar-refractivity contribution in [2.45, 2.75) is 0 Å². The van der Waals surface area contributed by atoms with Gasteiger partial charge in [0.1, 0.15) is 5.75 Å². The normalized spacial score (nSPS) is 10.9. The van der Waals surface area contributed by atoms with Crippen LogP contribution >= 0.6 is 39.7 Å². The van der Waals surface area contributed by atoms with Crippen molar-refractivity contribution in [1.82, 2.24) is 9.55 Å². The van der Waals surface area contributed by atoms with Gasteiger partial charge in [0.05, 0.1) is 23.8 Å². The van der Waals surface area contributed by atoms with Crippen LogP contribution in [0.15, 0.2) is 40.9 Å². The van der Waals surface area contributed by atoms with Crippen LogP contribution in [0.4, 0.5) is 0 Å². The van der Waals surface area contributed by atoms with E-state index in [1.165, 1.54) is 0 Å². The van der Waals surface area contributed by atoms with E-state index in [0.717, 1.165) is 26.9 Å². The van der Waals surface area contributed by atoms with Crippen LogP contribution in [0.1, 0.15) is 0 Å². The Bertz CT molecular complexity index is 856. The number of aromatic nitrogens is 2. The van der Waals surface area contributed by atoms with Gasteiger partial charge in [-0.2, -0.15) is 0 Å². The average molecular weight is 370 g/mol. The SMILES string of the molecule is COc1ccc(Br)c(-n2c(=S)[nH]c3ccc(Cl)cc32)c1. The molecule has 0 aliphatic carbocycles. The van der Waals surface area contributed by atoms with Crippen LogP contribution in [0.3, 0.4) is 0 Å². The maximum absolute atomic E-state index is 6.09. The Morgan fingerprint density at radius 1 is 1.25 bits per heavy atom. The number of aromatic amines is 1. The van der Waals surface area contributed by atoms with Gasteiger partial charge in [0.2, 0.25) is 0 Å². The van der Waals surface area contributed by atoms with Crippen molar-refractivity contribution in [3.05, 3.63) is 50.7 Å². The number of ether oxygens (including phenoxy) is 1. The van der Waals surface area contributed by atoms with E-state index in [0.29, 0.717) is 9.79 Å². The van der Waals surface area contributed by atoms with Crippen molar-refractivity contribution in [2.75, 3.05) is 7.11 Å². The van der Waals surface area contributed by atoms with E-state index in [9.17, 15) is 0 Å². The number of hydrogen-bond acceptors (Lipinski definition) is 2. The summed E-state index contributed by atoms with van der Waals surface area (Å²) >= 11 is 15.1. The zero-order valence-corrected chi connectivity index (χ0v) is 13.6. The predicted octanol–water partition coefficient (Wildman–Crippen LogP) is 5.11. The smallest absolute Gasteiger partial charge is 0.182 e. The van der Waals surface area contributed by atoms with Crippen LogP contribution in [-0.4, -0.2) is 16.7 Å². The van der Waals surface area contributed by atoms with E-state index in [1.54, 1.807) is 7.11 Å². The monoisotopic (exact) mass is 368 g/mol. The van der Waals surface area contributed by atoms with E-state index in [4.69, 9.17) is 28.6 Å². The Morgan fingerprint density at radius 2 is 2.05 bits per heavy atom. The van der Waals surface area contributed by atoms with Crippen LogP contribution in [0, 0.1) is 4.77 Å². The molecular formula is C14H10BrClN2OS. The number of halogens is 2. The highest BCUT2D eigenvalue weighted by molar-refractivity contribution is 9.10. The third kappa shape index (κ3) is 2.26. The largest absolute Gasteiger partial charge is 0.497 e. The molecule has 1 N–H and O–H groups in total. The molecule has 0 amide bonds. The lowest BCUT2D eigenvalue weighted by atomic mass is 10.2. The molecule has 0 radical (unpaired) electrons. The summed E-state index contributed by atoms with van der Waals surface area (Å²) in [6.45, 7) is 0. The van der Waals surface area contributed by atoms with Crippen LogP contribution < -0.4 is 4.74 Å². The third-order valence-electron chi connectivity index (χ3n) is 3.04. The molecule has 1 aromatic heterocycles. The van der Waals surface area contributed by atoms with Gasteiger partial charge >= 0.3 is 0 Å². The number of rotatable bonds is 2. The fourth-order valence-electron chi connectivity index (χ4n) is 2.11. The number of fused-ring (bicyclic) bond motifs is 1. The molecule has 0 atom stereocenters. The molecule has 0 bridgehead atoms. The average Bonchev–Trinajstić information content (AvgIpc) is 2.75. The molecule has 0 unspecified atom stereocenters. The van der Waals surface area contributed by atoms with Crippen LogP contribution in [0.2, 0.25) is 5.02 Å². The van der Waals surface area contributed by atoms with Gasteiger partial charge in [-0.1, -0.05) is 11.6 Å². The van der Waals surface area contributed by atoms with E-state index in [2.05, 4.69) is 20.9 Å². The fourth-order valence-corrected chi connectivity index (χ4v) is 3.00. The van der Waals surface area contributed by atoms with Crippen molar-refractivity contribution in [2.24, 2.45) is 0 Å². The number of imidazole rings is 1. The van der Waals surface area contributed by atoms with Gasteiger partial charge in [0, 0.05) is 15.6 Å². The number of benzene rings is 2. The van der Waals surface area contributed by atoms with Crippen molar-refractivity contribution in [3.63, 3.8) is 0 Å². The molecule has 3 rings (SSSR count). The lowest BCUT2D eigenvalue weighted by Crippen LogP contribution is -1.96. The van der Waals surface area contributed by atoms with Gasteiger partial charge in [0.15, 0.2) is 4.77 Å². The minimum absolute atomic E-state index is 0.608. The second-order valence-corrected chi connectivity index (χ2v) is 5.92. The summed E-state index contributed by atoms with van der Waals surface area (Å²) in [4.78, 5) is 3.17. The Morgan fingerprint density at radius 3 is 2.80 bits per heavy atom. The van der Waals surface area contributed by atoms with Gasteiger partial charge < -0.3 is 9.72 Å². The first kappa shape index (κ1) is 13.7. The molecule has 3 nitrogen and oxygen atoms in total.